The van der Waals surface area contributed by atoms with Gasteiger partial charge in [-0.2, -0.15) is 0 Å². The second kappa shape index (κ2) is 7.32. The summed E-state index contributed by atoms with van der Waals surface area (Å²) in [7, 11) is 1.89. The number of nitrogens with two attached hydrogens (primary N) is 1. The molecule has 1 heterocycles. The first-order valence-corrected chi connectivity index (χ1v) is 8.58. The number of nitrogens with zero attached hydrogens (tertiary/aromatic N) is 2. The molecule has 1 aliphatic carbocycles. The molecular weight excluding hydrogens is 290 g/mol. The second-order valence-electron chi connectivity index (χ2n) is 6.62. The lowest BCUT2D eigenvalue weighted by atomic mass is 10.0. The SMILES string of the molecule is CN(Cc1ccccc1N1CCOCC1)C(=O)[C@H]1CCC[C@H]1N. The Bertz CT molecular complexity index is 543. The number of rotatable bonds is 4. The Balaban J connectivity index is 1.70. The van der Waals surface area contributed by atoms with E-state index in [0.717, 1.165) is 45.6 Å². The zero-order valence-electron chi connectivity index (χ0n) is 13.9. The number of para-hydroxylation sites is 1. The molecule has 3 rings (SSSR count). The van der Waals surface area contributed by atoms with Crippen molar-refractivity contribution >= 4 is 11.6 Å². The van der Waals surface area contributed by atoms with Crippen molar-refractivity contribution in [3.05, 3.63) is 29.8 Å². The highest BCUT2D eigenvalue weighted by Crippen LogP contribution is 2.27. The molecule has 1 amide bonds. The van der Waals surface area contributed by atoms with Crippen LogP contribution in [-0.2, 0) is 16.1 Å². The fourth-order valence-corrected chi connectivity index (χ4v) is 3.67. The molecule has 126 valence electrons. The molecule has 1 aromatic carbocycles. The average molecular weight is 317 g/mol. The van der Waals surface area contributed by atoms with Crippen molar-refractivity contribution in [2.75, 3.05) is 38.3 Å². The molecule has 0 spiro atoms. The minimum Gasteiger partial charge on any atom is -0.378 e. The highest BCUT2D eigenvalue weighted by Gasteiger charge is 2.32. The van der Waals surface area contributed by atoms with Crippen LogP contribution < -0.4 is 10.6 Å². The monoisotopic (exact) mass is 317 g/mol. The average Bonchev–Trinajstić information content (AvgIpc) is 3.01. The summed E-state index contributed by atoms with van der Waals surface area (Å²) in [6, 6.07) is 8.38. The summed E-state index contributed by atoms with van der Waals surface area (Å²) in [6.07, 6.45) is 2.96. The zero-order chi connectivity index (χ0) is 16.2. The summed E-state index contributed by atoms with van der Waals surface area (Å²) >= 11 is 0. The van der Waals surface area contributed by atoms with E-state index < -0.39 is 0 Å². The Morgan fingerprint density at radius 2 is 2.04 bits per heavy atom. The van der Waals surface area contributed by atoms with Gasteiger partial charge in [0.25, 0.3) is 0 Å². The smallest absolute Gasteiger partial charge is 0.227 e. The summed E-state index contributed by atoms with van der Waals surface area (Å²) in [5.74, 6) is 0.183. The van der Waals surface area contributed by atoms with E-state index >= 15 is 0 Å². The van der Waals surface area contributed by atoms with Gasteiger partial charge in [0.15, 0.2) is 0 Å². The van der Waals surface area contributed by atoms with Gasteiger partial charge in [-0.3, -0.25) is 4.79 Å². The molecule has 1 aliphatic heterocycles. The van der Waals surface area contributed by atoms with Crippen molar-refractivity contribution in [2.45, 2.75) is 31.8 Å². The third kappa shape index (κ3) is 3.67. The Hall–Kier alpha value is -1.59. The summed E-state index contributed by atoms with van der Waals surface area (Å²) in [6.45, 7) is 3.97. The minimum atomic E-state index is -0.00412. The minimum absolute atomic E-state index is 0.00412. The normalized spacial score (nSPS) is 24.7. The molecule has 2 N–H and O–H groups in total. The lowest BCUT2D eigenvalue weighted by molar-refractivity contribution is -0.134. The number of benzene rings is 1. The molecule has 1 aromatic rings. The molecule has 2 fully saturated rings. The molecule has 5 nitrogen and oxygen atoms in total. The molecule has 23 heavy (non-hydrogen) atoms. The predicted molar refractivity (Wildman–Crippen MR) is 91.3 cm³/mol. The number of amides is 1. The van der Waals surface area contributed by atoms with Crippen LogP contribution in [0.25, 0.3) is 0 Å². The van der Waals surface area contributed by atoms with Crippen LogP contribution >= 0.6 is 0 Å². The Morgan fingerprint density at radius 3 is 2.74 bits per heavy atom. The third-order valence-corrected chi connectivity index (χ3v) is 5.01. The number of carbonyl (C=O) groups excluding carboxylic acids is 1. The van der Waals surface area contributed by atoms with Gasteiger partial charge in [0.2, 0.25) is 5.91 Å². The number of morpholine rings is 1. The molecular formula is C18H27N3O2. The highest BCUT2D eigenvalue weighted by atomic mass is 16.5. The van der Waals surface area contributed by atoms with E-state index in [1.165, 1.54) is 11.3 Å². The lowest BCUT2D eigenvalue weighted by Gasteiger charge is -2.32. The highest BCUT2D eigenvalue weighted by molar-refractivity contribution is 5.79. The summed E-state index contributed by atoms with van der Waals surface area (Å²) in [5, 5.41) is 0. The van der Waals surface area contributed by atoms with E-state index in [1.54, 1.807) is 0 Å². The molecule has 1 saturated heterocycles. The Morgan fingerprint density at radius 1 is 1.30 bits per heavy atom. The first kappa shape index (κ1) is 16.3. The van der Waals surface area contributed by atoms with Crippen LogP contribution in [0.5, 0.6) is 0 Å². The van der Waals surface area contributed by atoms with E-state index in [2.05, 4.69) is 23.1 Å². The van der Waals surface area contributed by atoms with Gasteiger partial charge < -0.3 is 20.3 Å². The summed E-state index contributed by atoms with van der Waals surface area (Å²) in [4.78, 5) is 16.8. The van der Waals surface area contributed by atoms with Crippen LogP contribution in [0.3, 0.4) is 0 Å². The molecule has 0 aromatic heterocycles. The number of hydrogen-bond donors (Lipinski definition) is 1. The number of hydrogen-bond acceptors (Lipinski definition) is 4. The second-order valence-corrected chi connectivity index (χ2v) is 6.62. The fourth-order valence-electron chi connectivity index (χ4n) is 3.67. The van der Waals surface area contributed by atoms with Gasteiger partial charge in [-0.05, 0) is 24.5 Å². The number of anilines is 1. The standard InChI is InChI=1S/C18H27N3O2/c1-20(18(22)15-6-4-7-16(15)19)13-14-5-2-3-8-17(14)21-9-11-23-12-10-21/h2-3,5,8,15-16H,4,6-7,9-13,19H2,1H3/t15-,16+/m0/s1. The van der Waals surface area contributed by atoms with Crippen LogP contribution in [0, 0.1) is 5.92 Å². The molecule has 2 atom stereocenters. The van der Waals surface area contributed by atoms with Crippen molar-refractivity contribution in [1.29, 1.82) is 0 Å². The Labute approximate surface area is 138 Å². The predicted octanol–water partition coefficient (Wildman–Crippen LogP) is 1.61. The number of carbonyl (C=O) groups is 1. The van der Waals surface area contributed by atoms with Crippen molar-refractivity contribution in [1.82, 2.24) is 4.90 Å². The van der Waals surface area contributed by atoms with Gasteiger partial charge in [0.1, 0.15) is 0 Å². The van der Waals surface area contributed by atoms with Gasteiger partial charge in [-0.25, -0.2) is 0 Å². The molecule has 0 bridgehead atoms. The van der Waals surface area contributed by atoms with E-state index in [9.17, 15) is 4.79 Å². The molecule has 1 saturated carbocycles. The van der Waals surface area contributed by atoms with Crippen molar-refractivity contribution < 1.29 is 9.53 Å². The van der Waals surface area contributed by atoms with Crippen molar-refractivity contribution in [3.63, 3.8) is 0 Å². The van der Waals surface area contributed by atoms with Gasteiger partial charge in [0, 0.05) is 38.4 Å². The van der Waals surface area contributed by atoms with Gasteiger partial charge in [-0.15, -0.1) is 0 Å². The quantitative estimate of drug-likeness (QED) is 0.916. The lowest BCUT2D eigenvalue weighted by Crippen LogP contribution is -2.40. The molecule has 0 unspecified atom stereocenters. The summed E-state index contributed by atoms with van der Waals surface area (Å²) < 4.78 is 5.44. The topological polar surface area (TPSA) is 58.8 Å². The maximum absolute atomic E-state index is 12.7. The van der Waals surface area contributed by atoms with Crippen molar-refractivity contribution in [3.8, 4) is 0 Å². The van der Waals surface area contributed by atoms with E-state index in [1.807, 2.05) is 18.0 Å². The zero-order valence-corrected chi connectivity index (χ0v) is 13.9. The van der Waals surface area contributed by atoms with Crippen molar-refractivity contribution in [2.24, 2.45) is 11.7 Å². The largest absolute Gasteiger partial charge is 0.378 e. The maximum Gasteiger partial charge on any atom is 0.227 e. The van der Waals surface area contributed by atoms with Crippen LogP contribution in [0.4, 0.5) is 5.69 Å². The fraction of sp³-hybridized carbons (Fsp3) is 0.611. The molecule has 2 aliphatic rings. The van der Waals surface area contributed by atoms with Crippen LogP contribution in [0.1, 0.15) is 24.8 Å². The first-order valence-electron chi connectivity index (χ1n) is 8.58. The van der Waals surface area contributed by atoms with E-state index in [4.69, 9.17) is 10.5 Å². The Kier molecular flexibility index (Phi) is 5.18. The first-order chi connectivity index (χ1) is 11.2. The number of ether oxygens (including phenoxy) is 1. The van der Waals surface area contributed by atoms with Crippen LogP contribution in [0.15, 0.2) is 24.3 Å². The van der Waals surface area contributed by atoms with Gasteiger partial charge >= 0.3 is 0 Å². The van der Waals surface area contributed by atoms with Gasteiger partial charge in [-0.1, -0.05) is 24.6 Å². The third-order valence-electron chi connectivity index (χ3n) is 5.01. The van der Waals surface area contributed by atoms with E-state index in [0.29, 0.717) is 6.54 Å². The van der Waals surface area contributed by atoms with Gasteiger partial charge in [0.05, 0.1) is 19.1 Å². The summed E-state index contributed by atoms with van der Waals surface area (Å²) in [5.41, 5.74) is 8.49. The molecule has 0 radical (unpaired) electrons. The van der Waals surface area contributed by atoms with E-state index in [-0.39, 0.29) is 17.9 Å². The van der Waals surface area contributed by atoms with Crippen LogP contribution in [-0.4, -0.2) is 50.2 Å². The maximum atomic E-state index is 12.7. The van der Waals surface area contributed by atoms with Crippen LogP contribution in [0.2, 0.25) is 0 Å². The molecule has 5 heteroatoms.